The van der Waals surface area contributed by atoms with Crippen molar-refractivity contribution in [2.75, 3.05) is 33.3 Å². The zero-order valence-electron chi connectivity index (χ0n) is 17.5. The average Bonchev–Trinajstić information content (AvgIpc) is 3.26. The number of carbonyl (C=O) groups is 3. The van der Waals surface area contributed by atoms with Gasteiger partial charge < -0.3 is 19.9 Å². The number of methoxy groups -OCH3 is 1. The van der Waals surface area contributed by atoms with Gasteiger partial charge in [0, 0.05) is 30.7 Å². The Balaban J connectivity index is 1.51. The third-order valence-electron chi connectivity index (χ3n) is 6.10. The normalized spacial score (nSPS) is 20.5. The third-order valence-corrected chi connectivity index (χ3v) is 6.10. The Bertz CT molecular complexity index is 838. The number of rotatable bonds is 5. The number of carbonyl (C=O) groups excluding carboxylic acids is 3. The van der Waals surface area contributed by atoms with Gasteiger partial charge in [-0.05, 0) is 56.9 Å². The monoisotopic (exact) mass is 412 g/mol. The summed E-state index contributed by atoms with van der Waals surface area (Å²) in [7, 11) is 1.32. The van der Waals surface area contributed by atoms with E-state index in [-0.39, 0.29) is 29.9 Å². The molecule has 0 aromatic heterocycles. The number of amides is 2. The molecule has 2 amide bonds. The van der Waals surface area contributed by atoms with Crippen molar-refractivity contribution < 1.29 is 19.1 Å². The summed E-state index contributed by atoms with van der Waals surface area (Å²) >= 11 is 0. The molecule has 0 radical (unpaired) electrons. The number of piperidine rings is 1. The summed E-state index contributed by atoms with van der Waals surface area (Å²) in [5.41, 5.74) is 0.708. The Hall–Kier alpha value is -2.92. The van der Waals surface area contributed by atoms with Gasteiger partial charge >= 0.3 is 5.97 Å². The minimum atomic E-state index is -0.432. The summed E-state index contributed by atoms with van der Waals surface area (Å²) in [6, 6.07) is 8.35. The number of esters is 1. The highest BCUT2D eigenvalue weighted by Gasteiger charge is 2.34. The third kappa shape index (κ3) is 4.79. The number of nitrogens with one attached hydrogen (secondary N) is 1. The Morgan fingerprint density at radius 3 is 2.40 bits per heavy atom. The van der Waals surface area contributed by atoms with Crippen molar-refractivity contribution in [2.45, 2.75) is 44.2 Å². The zero-order chi connectivity index (χ0) is 21.7. The number of hydrogen-bond acceptors (Lipinski definition) is 6. The van der Waals surface area contributed by atoms with Crippen LogP contribution in [-0.2, 0) is 9.53 Å². The molecule has 2 fully saturated rings. The summed E-state index contributed by atoms with van der Waals surface area (Å²) in [5, 5.41) is 12.5. The molecule has 8 nitrogen and oxygen atoms in total. The molecule has 1 atom stereocenters. The van der Waals surface area contributed by atoms with Crippen LogP contribution >= 0.6 is 0 Å². The summed E-state index contributed by atoms with van der Waals surface area (Å²) in [4.78, 5) is 40.2. The van der Waals surface area contributed by atoms with Crippen molar-refractivity contribution in [1.29, 1.82) is 5.26 Å². The molecule has 30 heavy (non-hydrogen) atoms. The van der Waals surface area contributed by atoms with E-state index in [2.05, 4.69) is 23.0 Å². The Labute approximate surface area is 176 Å². The number of likely N-dealkylation sites (tertiary alicyclic amines) is 2. The standard InChI is InChI=1S/C22H28N4O4/c1-22(24-15-19(27)26-11-3-4-18(26)14-23)9-12-25(13-10-22)20(28)16-5-7-17(8-6-16)21(29)30-2/h5-8,18,24H,3-4,9-13,15H2,1-2H3. The van der Waals surface area contributed by atoms with Crippen LogP contribution in [-0.4, -0.2) is 72.5 Å². The molecule has 0 aliphatic carbocycles. The predicted molar refractivity (Wildman–Crippen MR) is 110 cm³/mol. The minimum absolute atomic E-state index is 0.0375. The summed E-state index contributed by atoms with van der Waals surface area (Å²) in [5.74, 6) is -0.540. The van der Waals surface area contributed by atoms with E-state index >= 15 is 0 Å². The smallest absolute Gasteiger partial charge is 0.337 e. The lowest BCUT2D eigenvalue weighted by Gasteiger charge is -2.40. The Morgan fingerprint density at radius 1 is 1.17 bits per heavy atom. The van der Waals surface area contributed by atoms with E-state index in [1.54, 1.807) is 34.1 Å². The lowest BCUT2D eigenvalue weighted by atomic mass is 9.89. The number of nitriles is 1. The van der Waals surface area contributed by atoms with Gasteiger partial charge in [-0.25, -0.2) is 4.79 Å². The van der Waals surface area contributed by atoms with Gasteiger partial charge in [-0.3, -0.25) is 9.59 Å². The second-order valence-electron chi connectivity index (χ2n) is 8.15. The van der Waals surface area contributed by atoms with E-state index in [0.29, 0.717) is 30.8 Å². The first-order chi connectivity index (χ1) is 14.4. The maximum Gasteiger partial charge on any atom is 0.337 e. The van der Waals surface area contributed by atoms with Gasteiger partial charge in [0.2, 0.25) is 5.91 Å². The van der Waals surface area contributed by atoms with E-state index in [9.17, 15) is 14.4 Å². The Morgan fingerprint density at radius 2 is 1.80 bits per heavy atom. The van der Waals surface area contributed by atoms with Crippen molar-refractivity contribution in [3.05, 3.63) is 35.4 Å². The van der Waals surface area contributed by atoms with E-state index in [0.717, 1.165) is 25.7 Å². The predicted octanol–water partition coefficient (Wildman–Crippen LogP) is 1.57. The molecule has 160 valence electrons. The highest BCUT2D eigenvalue weighted by Crippen LogP contribution is 2.24. The van der Waals surface area contributed by atoms with Gasteiger partial charge in [-0.15, -0.1) is 0 Å². The first kappa shape index (κ1) is 21.8. The van der Waals surface area contributed by atoms with Crippen molar-refractivity contribution >= 4 is 17.8 Å². The first-order valence-corrected chi connectivity index (χ1v) is 10.3. The fourth-order valence-corrected chi connectivity index (χ4v) is 4.02. The maximum absolute atomic E-state index is 12.8. The lowest BCUT2D eigenvalue weighted by molar-refractivity contribution is -0.130. The van der Waals surface area contributed by atoms with Crippen LogP contribution in [0.2, 0.25) is 0 Å². The van der Waals surface area contributed by atoms with E-state index in [1.165, 1.54) is 7.11 Å². The van der Waals surface area contributed by atoms with Gasteiger partial charge in [0.05, 0.1) is 25.3 Å². The van der Waals surface area contributed by atoms with Crippen molar-refractivity contribution in [1.82, 2.24) is 15.1 Å². The number of ether oxygens (including phenoxy) is 1. The quantitative estimate of drug-likeness (QED) is 0.737. The molecule has 0 bridgehead atoms. The van der Waals surface area contributed by atoms with Crippen LogP contribution in [0.5, 0.6) is 0 Å². The Kier molecular flexibility index (Phi) is 6.73. The zero-order valence-corrected chi connectivity index (χ0v) is 17.5. The summed E-state index contributed by atoms with van der Waals surface area (Å²) in [6.07, 6.45) is 3.08. The lowest BCUT2D eigenvalue weighted by Crippen LogP contribution is -2.55. The summed E-state index contributed by atoms with van der Waals surface area (Å²) < 4.78 is 4.68. The van der Waals surface area contributed by atoms with Gasteiger partial charge in [0.25, 0.3) is 5.91 Å². The average molecular weight is 412 g/mol. The topological polar surface area (TPSA) is 103 Å². The summed E-state index contributed by atoms with van der Waals surface area (Å²) in [6.45, 7) is 4.09. The van der Waals surface area contributed by atoms with Crippen molar-refractivity contribution in [3.63, 3.8) is 0 Å². The van der Waals surface area contributed by atoms with Gasteiger partial charge in [0.15, 0.2) is 0 Å². The largest absolute Gasteiger partial charge is 0.465 e. The molecule has 0 saturated carbocycles. The fraction of sp³-hybridized carbons (Fsp3) is 0.545. The highest BCUT2D eigenvalue weighted by molar-refractivity contribution is 5.96. The maximum atomic E-state index is 12.8. The van der Waals surface area contributed by atoms with Crippen molar-refractivity contribution in [3.8, 4) is 6.07 Å². The molecule has 2 heterocycles. The van der Waals surface area contributed by atoms with Crippen LogP contribution in [0.25, 0.3) is 0 Å². The van der Waals surface area contributed by atoms with Crippen LogP contribution in [0, 0.1) is 11.3 Å². The van der Waals surface area contributed by atoms with E-state index in [1.807, 2.05) is 0 Å². The molecular formula is C22H28N4O4. The fourth-order valence-electron chi connectivity index (χ4n) is 4.02. The molecule has 2 aliphatic rings. The number of benzene rings is 1. The second-order valence-corrected chi connectivity index (χ2v) is 8.15. The number of nitrogens with zero attached hydrogens (tertiary/aromatic N) is 3. The van der Waals surface area contributed by atoms with Crippen LogP contribution < -0.4 is 5.32 Å². The first-order valence-electron chi connectivity index (χ1n) is 10.3. The second kappa shape index (κ2) is 9.26. The minimum Gasteiger partial charge on any atom is -0.465 e. The van der Waals surface area contributed by atoms with Crippen molar-refractivity contribution in [2.24, 2.45) is 0 Å². The molecular weight excluding hydrogens is 384 g/mol. The van der Waals surface area contributed by atoms with Crippen LogP contribution in [0.15, 0.2) is 24.3 Å². The molecule has 1 aromatic carbocycles. The molecule has 3 rings (SSSR count). The molecule has 8 heteroatoms. The van der Waals surface area contributed by atoms with Crippen LogP contribution in [0.3, 0.4) is 0 Å². The van der Waals surface area contributed by atoms with Crippen LogP contribution in [0.4, 0.5) is 0 Å². The van der Waals surface area contributed by atoms with Crippen LogP contribution in [0.1, 0.15) is 53.3 Å². The molecule has 2 aliphatic heterocycles. The SMILES string of the molecule is COC(=O)c1ccc(C(=O)N2CCC(C)(NCC(=O)N3CCCC3C#N)CC2)cc1. The van der Waals surface area contributed by atoms with E-state index in [4.69, 9.17) is 5.26 Å². The highest BCUT2D eigenvalue weighted by atomic mass is 16.5. The van der Waals surface area contributed by atoms with Gasteiger partial charge in [-0.2, -0.15) is 5.26 Å². The molecule has 1 unspecified atom stereocenters. The van der Waals surface area contributed by atoms with Gasteiger partial charge in [-0.1, -0.05) is 0 Å². The molecule has 1 N–H and O–H groups in total. The molecule has 2 saturated heterocycles. The van der Waals surface area contributed by atoms with E-state index < -0.39 is 5.97 Å². The molecule has 0 spiro atoms. The molecule has 1 aromatic rings. The number of hydrogen-bond donors (Lipinski definition) is 1. The van der Waals surface area contributed by atoms with Gasteiger partial charge in [0.1, 0.15) is 6.04 Å².